The smallest absolute Gasteiger partial charge is 0.778 e. The van der Waals surface area contributed by atoms with E-state index in [0.29, 0.717) is 21.2 Å². The minimum atomic E-state index is 0. The molecular formula is C26H22N4NiO2S2. The van der Waals surface area contributed by atoms with Gasteiger partial charge in [0, 0.05) is 0 Å². The number of azo groups is 2. The van der Waals surface area contributed by atoms with E-state index in [1.165, 1.54) is 0 Å². The van der Waals surface area contributed by atoms with Gasteiger partial charge in [-0.1, -0.05) is 36.4 Å². The number of rotatable bonds is 6. The van der Waals surface area contributed by atoms with Gasteiger partial charge in [-0.2, -0.15) is 20.5 Å². The molecule has 4 aromatic rings. The monoisotopic (exact) mass is 544 g/mol. The minimum Gasteiger partial charge on any atom is -0.778 e. The van der Waals surface area contributed by atoms with E-state index in [-0.39, 0.29) is 16.5 Å². The quantitative estimate of drug-likeness (QED) is 0.140. The molecule has 0 fully saturated rings. The Labute approximate surface area is 226 Å². The maximum atomic E-state index is 5.13. The predicted octanol–water partition coefficient (Wildman–Crippen LogP) is 8.03. The van der Waals surface area contributed by atoms with Crippen molar-refractivity contribution in [3.63, 3.8) is 0 Å². The molecule has 0 bridgehead atoms. The summed E-state index contributed by atoms with van der Waals surface area (Å²) < 4.78 is 10.1. The number of hydrogen-bond acceptors (Lipinski definition) is 8. The van der Waals surface area contributed by atoms with E-state index in [1.807, 2.05) is 97.1 Å². The van der Waals surface area contributed by atoms with Crippen molar-refractivity contribution in [3.8, 4) is 11.5 Å². The van der Waals surface area contributed by atoms with Gasteiger partial charge in [0.15, 0.2) is 0 Å². The molecule has 0 spiro atoms. The number of hydrogen-bond donors (Lipinski definition) is 0. The fraction of sp³-hybridized carbons (Fsp3) is 0.0769. The zero-order valence-electron chi connectivity index (χ0n) is 19.0. The van der Waals surface area contributed by atoms with Crippen LogP contribution in [0, 0.1) is 0 Å². The molecule has 4 aromatic carbocycles. The van der Waals surface area contributed by atoms with Crippen LogP contribution in [-0.2, 0) is 41.7 Å². The Morgan fingerprint density at radius 2 is 0.829 bits per heavy atom. The SMILES string of the molecule is COc1ccc(N=Nc2ccccc2[S-])cc1.COc1ccc(N=Nc2ccccc2[S-])cc1.[Ni+2]. The van der Waals surface area contributed by atoms with Crippen LogP contribution < -0.4 is 9.47 Å². The van der Waals surface area contributed by atoms with Gasteiger partial charge >= 0.3 is 16.5 Å². The topological polar surface area (TPSA) is 67.9 Å². The Balaban J connectivity index is 0.000000240. The third kappa shape index (κ3) is 9.05. The van der Waals surface area contributed by atoms with Crippen molar-refractivity contribution in [1.29, 1.82) is 0 Å². The molecule has 0 aliphatic rings. The zero-order valence-corrected chi connectivity index (χ0v) is 21.6. The summed E-state index contributed by atoms with van der Waals surface area (Å²) >= 11 is 10.3. The Bertz CT molecular complexity index is 1150. The Morgan fingerprint density at radius 1 is 0.486 bits per heavy atom. The zero-order chi connectivity index (χ0) is 24.2. The van der Waals surface area contributed by atoms with Gasteiger partial charge in [-0.25, -0.2) is 0 Å². The van der Waals surface area contributed by atoms with E-state index in [4.69, 9.17) is 34.7 Å². The van der Waals surface area contributed by atoms with Crippen LogP contribution in [-0.4, -0.2) is 14.2 Å². The molecule has 0 atom stereocenters. The van der Waals surface area contributed by atoms with Crippen LogP contribution in [0.25, 0.3) is 0 Å². The molecule has 0 unspecified atom stereocenters. The summed E-state index contributed by atoms with van der Waals surface area (Å²) in [7, 11) is 3.26. The van der Waals surface area contributed by atoms with Gasteiger partial charge in [0.1, 0.15) is 11.5 Å². The Morgan fingerprint density at radius 3 is 1.14 bits per heavy atom. The third-order valence-corrected chi connectivity index (χ3v) is 5.11. The normalized spacial score (nSPS) is 10.3. The molecule has 0 heterocycles. The first kappa shape index (κ1) is 27.9. The van der Waals surface area contributed by atoms with Gasteiger partial charge in [-0.05, 0) is 60.7 Å². The summed E-state index contributed by atoms with van der Waals surface area (Å²) in [6, 6.07) is 29.6. The number of benzene rings is 4. The van der Waals surface area contributed by atoms with Crippen LogP contribution in [0.3, 0.4) is 0 Å². The molecule has 0 amide bonds. The van der Waals surface area contributed by atoms with Gasteiger partial charge in [0.25, 0.3) is 0 Å². The molecular weight excluding hydrogens is 523 g/mol. The van der Waals surface area contributed by atoms with Crippen LogP contribution in [0.2, 0.25) is 0 Å². The summed E-state index contributed by atoms with van der Waals surface area (Å²) in [5.41, 5.74) is 2.95. The first-order valence-corrected chi connectivity index (χ1v) is 11.0. The van der Waals surface area contributed by atoms with Gasteiger partial charge in [0.2, 0.25) is 0 Å². The fourth-order valence-electron chi connectivity index (χ4n) is 2.60. The summed E-state index contributed by atoms with van der Waals surface area (Å²) in [4.78, 5) is 1.40. The Kier molecular flexibility index (Phi) is 11.8. The van der Waals surface area contributed by atoms with Crippen molar-refractivity contribution >= 4 is 48.0 Å². The molecule has 0 radical (unpaired) electrons. The minimum absolute atomic E-state index is 0. The van der Waals surface area contributed by atoms with Crippen LogP contribution in [0.15, 0.2) is 127 Å². The molecule has 6 nitrogen and oxygen atoms in total. The first-order valence-electron chi connectivity index (χ1n) is 10.2. The third-order valence-electron chi connectivity index (χ3n) is 4.42. The molecule has 0 saturated heterocycles. The van der Waals surface area contributed by atoms with Crippen molar-refractivity contribution in [2.75, 3.05) is 14.2 Å². The molecule has 0 aromatic heterocycles. The molecule has 4 rings (SSSR count). The van der Waals surface area contributed by atoms with Crippen molar-refractivity contribution in [2.24, 2.45) is 20.5 Å². The molecule has 0 aliphatic carbocycles. The summed E-state index contributed by atoms with van der Waals surface area (Å²) in [6.45, 7) is 0. The van der Waals surface area contributed by atoms with E-state index < -0.39 is 0 Å². The van der Waals surface area contributed by atoms with Crippen molar-refractivity contribution in [2.45, 2.75) is 9.79 Å². The van der Waals surface area contributed by atoms with Crippen LogP contribution in [0.5, 0.6) is 11.5 Å². The van der Waals surface area contributed by atoms with Crippen molar-refractivity contribution < 1.29 is 26.0 Å². The maximum Gasteiger partial charge on any atom is 2.00 e. The predicted molar refractivity (Wildman–Crippen MR) is 138 cm³/mol. The van der Waals surface area contributed by atoms with E-state index in [2.05, 4.69) is 20.5 Å². The van der Waals surface area contributed by atoms with Crippen LogP contribution >= 0.6 is 0 Å². The van der Waals surface area contributed by atoms with Gasteiger partial charge < -0.3 is 34.7 Å². The Hall–Kier alpha value is -3.39. The van der Waals surface area contributed by atoms with E-state index in [0.717, 1.165) is 22.9 Å². The summed E-state index contributed by atoms with van der Waals surface area (Å²) in [5, 5.41) is 16.5. The molecule has 180 valence electrons. The molecule has 0 N–H and O–H groups in total. The van der Waals surface area contributed by atoms with Gasteiger partial charge in [-0.3, -0.25) is 0 Å². The van der Waals surface area contributed by atoms with E-state index >= 15 is 0 Å². The second kappa shape index (κ2) is 14.8. The van der Waals surface area contributed by atoms with Gasteiger partial charge in [0.05, 0.1) is 37.0 Å². The van der Waals surface area contributed by atoms with Crippen molar-refractivity contribution in [3.05, 3.63) is 97.1 Å². The number of methoxy groups -OCH3 is 2. The largest absolute Gasteiger partial charge is 2.00 e. The van der Waals surface area contributed by atoms with E-state index in [9.17, 15) is 0 Å². The maximum absolute atomic E-state index is 5.13. The van der Waals surface area contributed by atoms with Crippen LogP contribution in [0.1, 0.15) is 0 Å². The molecule has 0 saturated carbocycles. The fourth-order valence-corrected chi connectivity index (χ4v) is 2.98. The second-order valence-electron chi connectivity index (χ2n) is 6.73. The summed E-state index contributed by atoms with van der Waals surface area (Å²) in [6.07, 6.45) is 0. The average molecular weight is 545 g/mol. The average Bonchev–Trinajstić information content (AvgIpc) is 2.89. The second-order valence-corrected chi connectivity index (χ2v) is 7.61. The molecule has 35 heavy (non-hydrogen) atoms. The van der Waals surface area contributed by atoms with Crippen LogP contribution in [0.4, 0.5) is 22.7 Å². The van der Waals surface area contributed by atoms with E-state index in [1.54, 1.807) is 14.2 Å². The first-order chi connectivity index (χ1) is 16.6. The summed E-state index contributed by atoms with van der Waals surface area (Å²) in [5.74, 6) is 1.60. The van der Waals surface area contributed by atoms with Gasteiger partial charge in [-0.15, -0.1) is 9.79 Å². The number of nitrogens with zero attached hydrogens (tertiary/aromatic N) is 4. The standard InChI is InChI=1S/2C13H12N2OS.Ni/c2*1-16-11-8-6-10(7-9-11)14-15-12-4-2-3-5-13(12)17;/h2*2-9,17H,1H3;/q;;+2/p-2. The van der Waals surface area contributed by atoms with Crippen molar-refractivity contribution in [1.82, 2.24) is 0 Å². The number of ether oxygens (including phenoxy) is 2. The molecule has 9 heteroatoms. The molecule has 0 aliphatic heterocycles.